The first-order valence-electron chi connectivity index (χ1n) is 9.85. The minimum atomic E-state index is -0.362. The summed E-state index contributed by atoms with van der Waals surface area (Å²) < 4.78 is 1.65. The van der Waals surface area contributed by atoms with Crippen molar-refractivity contribution < 1.29 is 9.90 Å². The fourth-order valence-corrected chi connectivity index (χ4v) is 4.02. The summed E-state index contributed by atoms with van der Waals surface area (Å²) in [6, 6.07) is 6.58. The van der Waals surface area contributed by atoms with E-state index in [2.05, 4.69) is 36.0 Å². The first-order chi connectivity index (χ1) is 15.6. The molecule has 4 N–H and O–H groups in total. The molecule has 0 atom stereocenters. The molecule has 4 rings (SSSR count). The number of benzene rings is 1. The maximum Gasteiger partial charge on any atom is 0.324 e. The number of amidine groups is 1. The van der Waals surface area contributed by atoms with E-state index in [1.807, 2.05) is 0 Å². The Hall–Kier alpha value is -3.15. The quantitative estimate of drug-likeness (QED) is 0.415. The number of rotatable bonds is 7. The maximum atomic E-state index is 12.1. The molecule has 0 fully saturated rings. The van der Waals surface area contributed by atoms with E-state index in [0.29, 0.717) is 46.7 Å². The first-order valence-corrected chi connectivity index (χ1v) is 11.2. The van der Waals surface area contributed by atoms with Crippen molar-refractivity contribution in [2.75, 3.05) is 29.5 Å². The van der Waals surface area contributed by atoms with Crippen molar-refractivity contribution >= 4 is 57.8 Å². The van der Waals surface area contributed by atoms with Gasteiger partial charge in [0.25, 0.3) is 0 Å². The number of aliphatic hydroxyl groups is 1. The van der Waals surface area contributed by atoms with Crippen LogP contribution >= 0.6 is 23.4 Å². The predicted molar refractivity (Wildman–Crippen MR) is 127 cm³/mol. The van der Waals surface area contributed by atoms with Crippen LogP contribution in [-0.2, 0) is 6.54 Å². The Labute approximate surface area is 193 Å². The molecule has 3 aromatic rings. The Balaban J connectivity index is 1.28. The lowest BCUT2D eigenvalue weighted by Crippen LogP contribution is -2.36. The summed E-state index contributed by atoms with van der Waals surface area (Å²) in [7, 11) is 0. The van der Waals surface area contributed by atoms with E-state index in [0.717, 1.165) is 16.8 Å². The summed E-state index contributed by atoms with van der Waals surface area (Å²) in [6.45, 7) is 1.06. The van der Waals surface area contributed by atoms with Crippen LogP contribution in [0.2, 0.25) is 5.02 Å². The average Bonchev–Trinajstić information content (AvgIpc) is 3.19. The fraction of sp³-hybridized carbons (Fsp3) is 0.250. The van der Waals surface area contributed by atoms with Crippen molar-refractivity contribution in [3.05, 3.63) is 52.9 Å². The molecule has 0 aliphatic carbocycles. The summed E-state index contributed by atoms with van der Waals surface area (Å²) in [4.78, 5) is 26.1. The highest BCUT2D eigenvalue weighted by atomic mass is 35.5. The molecule has 1 aromatic carbocycles. The number of aliphatic imine (C=N–C) groups is 1. The number of amides is 2. The average molecular weight is 473 g/mol. The molecule has 0 spiro atoms. The van der Waals surface area contributed by atoms with Gasteiger partial charge in [-0.2, -0.15) is 5.10 Å². The summed E-state index contributed by atoms with van der Waals surface area (Å²) in [5.41, 5.74) is 2.00. The number of aliphatic hydroxyl groups excluding tert-OH is 1. The molecule has 2 amide bonds. The third-order valence-corrected chi connectivity index (χ3v) is 5.78. The zero-order chi connectivity index (χ0) is 22.3. The minimum Gasteiger partial charge on any atom is -0.394 e. The lowest BCUT2D eigenvalue weighted by Gasteiger charge is -2.15. The van der Waals surface area contributed by atoms with E-state index >= 15 is 0 Å². The molecule has 12 heteroatoms. The number of carbonyl (C=O) groups excluding carboxylic acids is 1. The molecule has 0 saturated heterocycles. The highest BCUT2D eigenvalue weighted by Crippen LogP contribution is 2.24. The highest BCUT2D eigenvalue weighted by Gasteiger charge is 2.13. The van der Waals surface area contributed by atoms with Gasteiger partial charge in [-0.3, -0.25) is 10.00 Å². The van der Waals surface area contributed by atoms with E-state index in [4.69, 9.17) is 16.7 Å². The Bertz CT molecular complexity index is 1180. The summed E-state index contributed by atoms with van der Waals surface area (Å²) in [5, 5.41) is 22.8. The molecule has 0 saturated carbocycles. The summed E-state index contributed by atoms with van der Waals surface area (Å²) >= 11 is 7.55. The number of carbonyl (C=O) groups is 1. The Morgan fingerprint density at radius 2 is 2.19 bits per heavy atom. The Kier molecular flexibility index (Phi) is 7.20. The summed E-state index contributed by atoms with van der Waals surface area (Å²) in [6.07, 6.45) is 5.78. The standard InChI is InChI=1S/C20H21ClN8O2S/c21-13-2-1-3-14(8-13)26-20(31)27-17-11-32-15(9-23-17)4-5-22-19-18-16(24-12-25-19)10-29(28-18)6-7-30/h1-3,8-10,12,30H,4-7,11H2,(H,22,24,25)(H2,23,26,27,31). The lowest BCUT2D eigenvalue weighted by atomic mass is 10.3. The number of hydrogen-bond acceptors (Lipinski definition) is 8. The molecule has 2 aromatic heterocycles. The SMILES string of the molecule is O=C(NC1=NC=C(CCNc2ncnc3cn(CCO)nc23)SC1)Nc1cccc(Cl)c1. The monoisotopic (exact) mass is 472 g/mol. The maximum absolute atomic E-state index is 12.1. The second kappa shape index (κ2) is 10.4. The van der Waals surface area contributed by atoms with Gasteiger partial charge in [-0.1, -0.05) is 17.7 Å². The second-order valence-corrected chi connectivity index (χ2v) is 8.34. The van der Waals surface area contributed by atoms with Crippen molar-refractivity contribution in [2.45, 2.75) is 13.0 Å². The van der Waals surface area contributed by atoms with E-state index in [-0.39, 0.29) is 12.6 Å². The molecule has 32 heavy (non-hydrogen) atoms. The molecule has 1 aliphatic heterocycles. The Morgan fingerprint density at radius 3 is 2.97 bits per heavy atom. The van der Waals surface area contributed by atoms with E-state index in [1.54, 1.807) is 53.1 Å². The van der Waals surface area contributed by atoms with Crippen molar-refractivity contribution in [2.24, 2.45) is 4.99 Å². The van der Waals surface area contributed by atoms with Crippen LogP contribution in [-0.4, -0.2) is 55.6 Å². The third-order valence-electron chi connectivity index (χ3n) is 4.44. The molecular weight excluding hydrogens is 452 g/mol. The van der Waals surface area contributed by atoms with Crippen molar-refractivity contribution in [3.63, 3.8) is 0 Å². The molecule has 0 unspecified atom stereocenters. The molecule has 0 bridgehead atoms. The topological polar surface area (TPSA) is 129 Å². The third kappa shape index (κ3) is 5.75. The van der Waals surface area contributed by atoms with Gasteiger partial charge in [0.1, 0.15) is 17.7 Å². The van der Waals surface area contributed by atoms with Crippen LogP contribution in [0.3, 0.4) is 0 Å². The van der Waals surface area contributed by atoms with Crippen molar-refractivity contribution in [1.29, 1.82) is 0 Å². The van der Waals surface area contributed by atoms with Gasteiger partial charge in [-0.05, 0) is 24.6 Å². The predicted octanol–water partition coefficient (Wildman–Crippen LogP) is 3.08. The summed E-state index contributed by atoms with van der Waals surface area (Å²) in [5.74, 6) is 1.80. The van der Waals surface area contributed by atoms with Crippen LogP contribution in [0, 0.1) is 0 Å². The van der Waals surface area contributed by atoms with Gasteiger partial charge in [0.2, 0.25) is 0 Å². The molecule has 10 nitrogen and oxygen atoms in total. The number of hydrogen-bond donors (Lipinski definition) is 4. The largest absolute Gasteiger partial charge is 0.394 e. The van der Waals surface area contributed by atoms with Crippen LogP contribution in [0.15, 0.2) is 52.9 Å². The number of halogens is 1. The number of fused-ring (bicyclic) bond motifs is 1. The first kappa shape index (κ1) is 22.1. The van der Waals surface area contributed by atoms with Crippen LogP contribution in [0.1, 0.15) is 6.42 Å². The molecule has 3 heterocycles. The number of thioether (sulfide) groups is 1. The molecule has 166 valence electrons. The number of aromatic nitrogens is 4. The molecular formula is C20H21ClN8O2S. The van der Waals surface area contributed by atoms with Crippen molar-refractivity contribution in [3.8, 4) is 0 Å². The Morgan fingerprint density at radius 1 is 1.28 bits per heavy atom. The van der Waals surface area contributed by atoms with Gasteiger partial charge in [-0.15, -0.1) is 11.8 Å². The van der Waals surface area contributed by atoms with Crippen molar-refractivity contribution in [1.82, 2.24) is 25.1 Å². The van der Waals surface area contributed by atoms with Gasteiger partial charge in [0.15, 0.2) is 11.3 Å². The lowest BCUT2D eigenvalue weighted by molar-refractivity contribution is 0.256. The smallest absolute Gasteiger partial charge is 0.324 e. The highest BCUT2D eigenvalue weighted by molar-refractivity contribution is 8.03. The van der Waals surface area contributed by atoms with Gasteiger partial charge < -0.3 is 15.7 Å². The molecule has 1 aliphatic rings. The van der Waals surface area contributed by atoms with Gasteiger partial charge in [0, 0.05) is 28.4 Å². The van der Waals surface area contributed by atoms with Crippen LogP contribution in [0.5, 0.6) is 0 Å². The molecule has 0 radical (unpaired) electrons. The number of nitrogens with zero attached hydrogens (tertiary/aromatic N) is 5. The van der Waals surface area contributed by atoms with Gasteiger partial charge in [-0.25, -0.2) is 19.8 Å². The van der Waals surface area contributed by atoms with Crippen LogP contribution in [0.25, 0.3) is 11.0 Å². The normalized spacial score (nSPS) is 13.4. The minimum absolute atomic E-state index is 0.00911. The van der Waals surface area contributed by atoms with Crippen LogP contribution < -0.4 is 16.0 Å². The van der Waals surface area contributed by atoms with E-state index < -0.39 is 0 Å². The van der Waals surface area contributed by atoms with Crippen LogP contribution in [0.4, 0.5) is 16.3 Å². The second-order valence-electron chi connectivity index (χ2n) is 6.80. The zero-order valence-corrected chi connectivity index (χ0v) is 18.5. The number of nitrogens with one attached hydrogen (secondary N) is 3. The number of anilines is 2. The zero-order valence-electron chi connectivity index (χ0n) is 17.0. The fourth-order valence-electron chi connectivity index (χ4n) is 2.98. The van der Waals surface area contributed by atoms with E-state index in [1.165, 1.54) is 6.33 Å². The van der Waals surface area contributed by atoms with E-state index in [9.17, 15) is 4.79 Å². The van der Waals surface area contributed by atoms with Gasteiger partial charge >= 0.3 is 6.03 Å². The number of urea groups is 1. The van der Waals surface area contributed by atoms with Gasteiger partial charge in [0.05, 0.1) is 25.1 Å².